The van der Waals surface area contributed by atoms with Crippen molar-refractivity contribution in [3.8, 4) is 0 Å². The first-order valence-electron chi connectivity index (χ1n) is 2.84. The van der Waals surface area contributed by atoms with Crippen LogP contribution in [0.1, 0.15) is 13.3 Å². The lowest BCUT2D eigenvalue weighted by Crippen LogP contribution is -2.30. The molecule has 0 aromatic carbocycles. The predicted molar refractivity (Wildman–Crippen MR) is 31.6 cm³/mol. The van der Waals surface area contributed by atoms with Gasteiger partial charge in [-0.1, -0.05) is 0 Å². The second-order valence-corrected chi connectivity index (χ2v) is 2.74. The first-order valence-corrected chi connectivity index (χ1v) is 3.18. The second-order valence-electron chi connectivity index (χ2n) is 2.31. The molecule has 1 nitrogen and oxygen atoms in total. The van der Waals surface area contributed by atoms with Gasteiger partial charge in [0.25, 0.3) is 5.92 Å². The molecule has 1 atom stereocenters. The van der Waals surface area contributed by atoms with Crippen LogP contribution >= 0.6 is 11.8 Å². The van der Waals surface area contributed by atoms with Crippen LogP contribution in [0.5, 0.6) is 0 Å². The van der Waals surface area contributed by atoms with E-state index in [0.717, 1.165) is 4.42 Å². The highest BCUT2D eigenvalue weighted by molar-refractivity contribution is 6.13. The number of halogens is 3. The Hall–Kier alpha value is 0.110. The van der Waals surface area contributed by atoms with Gasteiger partial charge in [0.05, 0.1) is 6.04 Å². The van der Waals surface area contributed by atoms with Gasteiger partial charge < -0.3 is 0 Å². The van der Waals surface area contributed by atoms with Gasteiger partial charge in [0.2, 0.25) is 0 Å². The molecule has 4 heteroatoms. The Morgan fingerprint density at radius 1 is 1.67 bits per heavy atom. The minimum absolute atomic E-state index is 0.113. The first-order chi connectivity index (χ1) is 4.04. The van der Waals surface area contributed by atoms with Gasteiger partial charge in [0.1, 0.15) is 0 Å². The molecule has 1 saturated heterocycles. The molecule has 1 aliphatic heterocycles. The predicted octanol–water partition coefficient (Wildman–Crippen LogP) is 1.87. The molecule has 0 N–H and O–H groups in total. The van der Waals surface area contributed by atoms with E-state index in [9.17, 15) is 8.78 Å². The average Bonchev–Trinajstić information content (AvgIpc) is 1.97. The summed E-state index contributed by atoms with van der Waals surface area (Å²) in [6.07, 6.45) is -0.113. The Morgan fingerprint density at radius 3 is 2.33 bits per heavy atom. The van der Waals surface area contributed by atoms with Crippen molar-refractivity contribution in [3.05, 3.63) is 0 Å². The minimum Gasteiger partial charge on any atom is -0.211 e. The van der Waals surface area contributed by atoms with Crippen LogP contribution < -0.4 is 0 Å². The molecular weight excluding hydrogens is 148 g/mol. The largest absolute Gasteiger partial charge is 0.265 e. The quantitative estimate of drug-likeness (QED) is 0.483. The average molecular weight is 156 g/mol. The van der Waals surface area contributed by atoms with Crippen molar-refractivity contribution < 1.29 is 8.78 Å². The van der Waals surface area contributed by atoms with Gasteiger partial charge in [0.15, 0.2) is 0 Å². The summed E-state index contributed by atoms with van der Waals surface area (Å²) in [4.78, 5) is 0. The van der Waals surface area contributed by atoms with Crippen LogP contribution in [-0.4, -0.2) is 22.9 Å². The Kier molecular flexibility index (Phi) is 1.65. The summed E-state index contributed by atoms with van der Waals surface area (Å²) in [6.45, 7) is 1.72. The maximum absolute atomic E-state index is 12.5. The Bertz CT molecular complexity index is 118. The molecule has 0 unspecified atom stereocenters. The van der Waals surface area contributed by atoms with Crippen LogP contribution in [-0.2, 0) is 0 Å². The lowest BCUT2D eigenvalue weighted by molar-refractivity contribution is -0.0149. The third-order valence-electron chi connectivity index (χ3n) is 1.69. The fourth-order valence-electron chi connectivity index (χ4n) is 0.863. The zero-order valence-corrected chi connectivity index (χ0v) is 5.83. The molecule has 1 fully saturated rings. The molecule has 0 amide bonds. The van der Waals surface area contributed by atoms with Crippen molar-refractivity contribution in [3.63, 3.8) is 0 Å². The normalized spacial score (nSPS) is 35.3. The molecule has 9 heavy (non-hydrogen) atoms. The number of hydrogen-bond donors (Lipinski definition) is 0. The van der Waals surface area contributed by atoms with Gasteiger partial charge >= 0.3 is 0 Å². The monoisotopic (exact) mass is 155 g/mol. The molecule has 1 aliphatic rings. The number of alkyl halides is 2. The molecule has 54 valence electrons. The maximum atomic E-state index is 12.5. The van der Waals surface area contributed by atoms with E-state index >= 15 is 0 Å². The molecule has 0 aromatic heterocycles. The van der Waals surface area contributed by atoms with E-state index in [4.69, 9.17) is 11.8 Å². The lowest BCUT2D eigenvalue weighted by Gasteiger charge is -2.16. The van der Waals surface area contributed by atoms with Crippen molar-refractivity contribution in [2.45, 2.75) is 25.3 Å². The summed E-state index contributed by atoms with van der Waals surface area (Å²) < 4.78 is 26.1. The zero-order chi connectivity index (χ0) is 7.07. The number of rotatable bonds is 0. The number of hydrogen-bond acceptors (Lipinski definition) is 1. The lowest BCUT2D eigenvalue weighted by atomic mass is 10.2. The van der Waals surface area contributed by atoms with Crippen molar-refractivity contribution >= 4 is 11.8 Å². The van der Waals surface area contributed by atoms with E-state index in [-0.39, 0.29) is 13.0 Å². The smallest absolute Gasteiger partial charge is 0.211 e. The Morgan fingerprint density at radius 2 is 2.22 bits per heavy atom. The molecule has 0 radical (unpaired) electrons. The Balaban J connectivity index is 2.62. The van der Waals surface area contributed by atoms with Crippen molar-refractivity contribution in [1.29, 1.82) is 0 Å². The van der Waals surface area contributed by atoms with E-state index in [1.54, 1.807) is 0 Å². The summed E-state index contributed by atoms with van der Waals surface area (Å²) in [5.41, 5.74) is 0. The summed E-state index contributed by atoms with van der Waals surface area (Å²) >= 11 is 5.40. The molecule has 0 saturated carbocycles. The van der Waals surface area contributed by atoms with Crippen LogP contribution in [0, 0.1) is 0 Å². The van der Waals surface area contributed by atoms with Crippen LogP contribution in [0.15, 0.2) is 0 Å². The minimum atomic E-state index is -2.58. The second kappa shape index (κ2) is 2.06. The highest BCUT2D eigenvalue weighted by atomic mass is 35.5. The third kappa shape index (κ3) is 1.17. The van der Waals surface area contributed by atoms with Crippen LogP contribution in [0.4, 0.5) is 8.78 Å². The Labute approximate surface area is 57.7 Å². The fraction of sp³-hybridized carbons (Fsp3) is 1.00. The molecule has 0 aliphatic carbocycles. The first kappa shape index (κ1) is 7.22. The van der Waals surface area contributed by atoms with Crippen LogP contribution in [0.25, 0.3) is 0 Å². The van der Waals surface area contributed by atoms with E-state index < -0.39 is 12.0 Å². The highest BCUT2D eigenvalue weighted by Crippen LogP contribution is 2.34. The van der Waals surface area contributed by atoms with Gasteiger partial charge in [-0.15, -0.1) is 0 Å². The SMILES string of the molecule is C[C@@H]1N(Cl)CCC1(F)F. The molecular formula is C5H8ClF2N. The van der Waals surface area contributed by atoms with E-state index in [1.165, 1.54) is 6.92 Å². The fourth-order valence-corrected chi connectivity index (χ4v) is 1.09. The topological polar surface area (TPSA) is 3.24 Å². The molecule has 0 aromatic rings. The zero-order valence-electron chi connectivity index (χ0n) is 5.07. The van der Waals surface area contributed by atoms with Crippen LogP contribution in [0.3, 0.4) is 0 Å². The van der Waals surface area contributed by atoms with E-state index in [1.807, 2.05) is 0 Å². The molecule has 1 rings (SSSR count). The summed E-state index contributed by atoms with van der Waals surface area (Å²) in [6, 6.07) is -0.806. The van der Waals surface area contributed by atoms with Gasteiger partial charge in [0, 0.05) is 13.0 Å². The summed E-state index contributed by atoms with van der Waals surface area (Å²) in [7, 11) is 0. The third-order valence-corrected chi connectivity index (χ3v) is 2.15. The summed E-state index contributed by atoms with van der Waals surface area (Å²) in [5.74, 6) is -2.58. The molecule has 1 heterocycles. The van der Waals surface area contributed by atoms with Crippen molar-refractivity contribution in [2.75, 3.05) is 6.54 Å². The highest BCUT2D eigenvalue weighted by Gasteiger charge is 2.45. The summed E-state index contributed by atoms with van der Waals surface area (Å²) in [5, 5.41) is 0. The molecule has 0 spiro atoms. The van der Waals surface area contributed by atoms with E-state index in [0.29, 0.717) is 0 Å². The van der Waals surface area contributed by atoms with Crippen LogP contribution in [0.2, 0.25) is 0 Å². The van der Waals surface area contributed by atoms with Crippen molar-refractivity contribution in [2.24, 2.45) is 0 Å². The van der Waals surface area contributed by atoms with Gasteiger partial charge in [-0.05, 0) is 18.7 Å². The van der Waals surface area contributed by atoms with Gasteiger partial charge in [-0.3, -0.25) is 0 Å². The van der Waals surface area contributed by atoms with E-state index in [2.05, 4.69) is 0 Å². The standard InChI is InChI=1S/C5H8ClF2N/c1-4-5(7,8)2-3-9(4)6/h4H,2-3H2,1H3/t4-/m0/s1. The number of nitrogens with zero attached hydrogens (tertiary/aromatic N) is 1. The maximum Gasteiger partial charge on any atom is 0.265 e. The van der Waals surface area contributed by atoms with Gasteiger partial charge in [-0.25, -0.2) is 13.2 Å². The van der Waals surface area contributed by atoms with Crippen molar-refractivity contribution in [1.82, 2.24) is 4.42 Å². The van der Waals surface area contributed by atoms with Gasteiger partial charge in [-0.2, -0.15) is 0 Å². The molecule has 0 bridgehead atoms.